The molecular formula is C30H44. The first-order valence-electron chi connectivity index (χ1n) is 13.5. The fraction of sp³-hybridized carbons (Fsp3) is 0.733. The molecule has 0 N–H and O–H groups in total. The summed E-state index contributed by atoms with van der Waals surface area (Å²) in [6.45, 7) is 9.69. The van der Waals surface area contributed by atoms with Gasteiger partial charge in [-0.2, -0.15) is 0 Å². The first-order valence-corrected chi connectivity index (χ1v) is 13.5. The largest absolute Gasteiger partial charge is 0.0882 e. The highest BCUT2D eigenvalue weighted by Gasteiger charge is 2.52. The Morgan fingerprint density at radius 2 is 0.933 bits per heavy atom. The first-order chi connectivity index (χ1) is 14.7. The molecule has 0 nitrogen and oxygen atoms in total. The molecule has 0 heteroatoms. The number of rotatable bonds is 4. The van der Waals surface area contributed by atoms with Gasteiger partial charge in [-0.05, 0) is 112 Å². The van der Waals surface area contributed by atoms with Crippen molar-refractivity contribution in [2.45, 2.75) is 91.9 Å². The number of hydrogen-bond donors (Lipinski definition) is 0. The van der Waals surface area contributed by atoms with Crippen LogP contribution in [0.4, 0.5) is 0 Å². The monoisotopic (exact) mass is 404 g/mol. The van der Waals surface area contributed by atoms with Crippen molar-refractivity contribution in [2.24, 2.45) is 47.3 Å². The van der Waals surface area contributed by atoms with E-state index in [9.17, 15) is 0 Å². The molecule has 0 aromatic carbocycles. The van der Waals surface area contributed by atoms with E-state index >= 15 is 0 Å². The molecule has 0 radical (unpaired) electrons. The summed E-state index contributed by atoms with van der Waals surface area (Å²) in [6, 6.07) is 0. The van der Waals surface area contributed by atoms with Crippen molar-refractivity contribution in [3.05, 3.63) is 46.6 Å². The Morgan fingerprint density at radius 3 is 1.37 bits per heavy atom. The Balaban J connectivity index is 1.65. The molecule has 164 valence electrons. The van der Waals surface area contributed by atoms with Gasteiger partial charge in [0.25, 0.3) is 0 Å². The summed E-state index contributed by atoms with van der Waals surface area (Å²) >= 11 is 0. The molecule has 0 bridgehead atoms. The molecule has 8 atom stereocenters. The number of hydrogen-bond acceptors (Lipinski definition) is 0. The number of fused-ring (bicyclic) bond motifs is 2. The van der Waals surface area contributed by atoms with E-state index in [0.29, 0.717) is 0 Å². The maximum atomic E-state index is 2.61. The highest BCUT2D eigenvalue weighted by Crippen LogP contribution is 2.63. The molecule has 0 aliphatic heterocycles. The van der Waals surface area contributed by atoms with Gasteiger partial charge in [0.2, 0.25) is 0 Å². The average molecular weight is 405 g/mol. The third-order valence-electron chi connectivity index (χ3n) is 9.70. The van der Waals surface area contributed by atoms with Crippen molar-refractivity contribution < 1.29 is 0 Å². The van der Waals surface area contributed by atoms with Gasteiger partial charge in [-0.25, -0.2) is 0 Å². The molecule has 8 unspecified atom stereocenters. The maximum Gasteiger partial charge on any atom is -0.00143 e. The van der Waals surface area contributed by atoms with E-state index in [1.807, 2.05) is 22.3 Å². The van der Waals surface area contributed by atoms with E-state index in [2.05, 4.69) is 52.0 Å². The zero-order valence-electron chi connectivity index (χ0n) is 20.0. The molecule has 0 spiro atoms. The highest BCUT2D eigenvalue weighted by atomic mass is 14.6. The average Bonchev–Trinajstić information content (AvgIpc) is 2.76. The van der Waals surface area contributed by atoms with Crippen LogP contribution in [0.1, 0.15) is 91.9 Å². The van der Waals surface area contributed by atoms with Gasteiger partial charge in [0.1, 0.15) is 0 Å². The van der Waals surface area contributed by atoms with Crippen molar-refractivity contribution in [3.63, 3.8) is 0 Å². The summed E-state index contributed by atoms with van der Waals surface area (Å²) in [5.41, 5.74) is 7.89. The Hall–Kier alpha value is -1.04. The lowest BCUT2D eigenvalue weighted by Crippen LogP contribution is -2.47. The van der Waals surface area contributed by atoms with Crippen LogP contribution in [0.2, 0.25) is 0 Å². The summed E-state index contributed by atoms with van der Waals surface area (Å²) in [5.74, 6) is 6.71. The van der Waals surface area contributed by atoms with E-state index in [1.165, 1.54) is 64.2 Å². The molecule has 5 rings (SSSR count). The minimum Gasteiger partial charge on any atom is -0.0882 e. The minimum atomic E-state index is 0.723. The second-order valence-electron chi connectivity index (χ2n) is 11.2. The van der Waals surface area contributed by atoms with E-state index in [0.717, 1.165) is 47.3 Å². The Morgan fingerprint density at radius 1 is 0.533 bits per heavy atom. The van der Waals surface area contributed by atoms with Gasteiger partial charge in [-0.1, -0.05) is 74.3 Å². The summed E-state index contributed by atoms with van der Waals surface area (Å²) in [5, 5.41) is 0. The van der Waals surface area contributed by atoms with Crippen LogP contribution >= 0.6 is 0 Å². The van der Waals surface area contributed by atoms with Gasteiger partial charge in [-0.15, -0.1) is 0 Å². The molecule has 0 heterocycles. The Kier molecular flexibility index (Phi) is 5.89. The van der Waals surface area contributed by atoms with Gasteiger partial charge in [-0.3, -0.25) is 0 Å². The lowest BCUT2D eigenvalue weighted by atomic mass is 9.47. The molecular weight excluding hydrogens is 360 g/mol. The van der Waals surface area contributed by atoms with Gasteiger partial charge < -0.3 is 0 Å². The molecule has 1 saturated carbocycles. The minimum absolute atomic E-state index is 0.723. The lowest BCUT2D eigenvalue weighted by molar-refractivity contribution is 0.143. The fourth-order valence-corrected chi connectivity index (χ4v) is 8.66. The second-order valence-corrected chi connectivity index (χ2v) is 11.2. The van der Waals surface area contributed by atoms with Gasteiger partial charge in [0, 0.05) is 0 Å². The summed E-state index contributed by atoms with van der Waals surface area (Å²) in [6.07, 6.45) is 24.0. The quantitative estimate of drug-likeness (QED) is 0.411. The van der Waals surface area contributed by atoms with Crippen LogP contribution in [0.3, 0.4) is 0 Å². The first kappa shape index (κ1) is 20.8. The molecule has 5 aliphatic rings. The highest BCUT2D eigenvalue weighted by molar-refractivity contribution is 5.44. The van der Waals surface area contributed by atoms with Gasteiger partial charge >= 0.3 is 0 Å². The zero-order chi connectivity index (χ0) is 20.8. The van der Waals surface area contributed by atoms with Crippen LogP contribution in [0.25, 0.3) is 0 Å². The van der Waals surface area contributed by atoms with Crippen LogP contribution in [-0.2, 0) is 0 Å². The third-order valence-corrected chi connectivity index (χ3v) is 9.70. The van der Waals surface area contributed by atoms with Crippen LogP contribution < -0.4 is 0 Å². The molecule has 5 aliphatic carbocycles. The van der Waals surface area contributed by atoms with Crippen LogP contribution in [0, 0.1) is 47.3 Å². The molecule has 0 saturated heterocycles. The standard InChI is InChI=1S/C30H44/c1-5-7-9-21-13-17-25-23-15-11-19(3)27-20(4)12-16-24(29(23)27)26-18-14-22(10-8-6-2)28(21)30(25)26/h7-10,19-26H,5-6,11-18H2,1-4H3/b9-7+,10-8+. The SMILES string of the molecule is CC/C=C/C1CCC2C3=C1C(/C=C/CC)CCC3C1CCC(C)C3=C1C2CCC3C. The maximum absolute atomic E-state index is 2.61. The Labute approximate surface area is 186 Å². The predicted molar refractivity (Wildman–Crippen MR) is 129 cm³/mol. The van der Waals surface area contributed by atoms with Crippen molar-refractivity contribution in [1.82, 2.24) is 0 Å². The van der Waals surface area contributed by atoms with Crippen LogP contribution in [0.15, 0.2) is 46.6 Å². The molecule has 0 aromatic rings. The molecule has 0 aromatic heterocycles. The van der Waals surface area contributed by atoms with E-state index < -0.39 is 0 Å². The summed E-state index contributed by atoms with van der Waals surface area (Å²) < 4.78 is 0. The predicted octanol–water partition coefficient (Wildman–Crippen LogP) is 8.67. The van der Waals surface area contributed by atoms with Gasteiger partial charge in [0.05, 0.1) is 0 Å². The number of allylic oxidation sites excluding steroid dienone is 8. The van der Waals surface area contributed by atoms with Crippen molar-refractivity contribution in [1.29, 1.82) is 0 Å². The van der Waals surface area contributed by atoms with E-state index in [4.69, 9.17) is 0 Å². The van der Waals surface area contributed by atoms with Crippen LogP contribution in [-0.4, -0.2) is 0 Å². The third kappa shape index (κ3) is 3.23. The van der Waals surface area contributed by atoms with E-state index in [-0.39, 0.29) is 0 Å². The normalized spacial score (nSPS) is 43.3. The summed E-state index contributed by atoms with van der Waals surface area (Å²) in [4.78, 5) is 0. The lowest BCUT2D eigenvalue weighted by Gasteiger charge is -2.57. The van der Waals surface area contributed by atoms with Crippen molar-refractivity contribution in [3.8, 4) is 0 Å². The molecule has 1 fully saturated rings. The van der Waals surface area contributed by atoms with Crippen molar-refractivity contribution in [2.75, 3.05) is 0 Å². The molecule has 30 heavy (non-hydrogen) atoms. The summed E-state index contributed by atoms with van der Waals surface area (Å²) in [7, 11) is 0. The fourth-order valence-electron chi connectivity index (χ4n) is 8.66. The smallest absolute Gasteiger partial charge is 0.00143 e. The Bertz CT molecular complexity index is 714. The zero-order valence-corrected chi connectivity index (χ0v) is 20.0. The topological polar surface area (TPSA) is 0 Å². The second kappa shape index (κ2) is 8.48. The molecule has 0 amide bonds. The van der Waals surface area contributed by atoms with Crippen molar-refractivity contribution >= 4 is 0 Å². The van der Waals surface area contributed by atoms with Crippen LogP contribution in [0.5, 0.6) is 0 Å². The van der Waals surface area contributed by atoms with Gasteiger partial charge in [0.15, 0.2) is 0 Å². The van der Waals surface area contributed by atoms with E-state index in [1.54, 1.807) is 0 Å².